The third kappa shape index (κ3) is 6.28. The van der Waals surface area contributed by atoms with E-state index in [0.717, 1.165) is 13.1 Å². The van der Waals surface area contributed by atoms with Gasteiger partial charge in [-0.3, -0.25) is 0 Å². The second kappa shape index (κ2) is 5.52. The van der Waals surface area contributed by atoms with Crippen LogP contribution in [0.15, 0.2) is 0 Å². The van der Waals surface area contributed by atoms with Gasteiger partial charge in [-0.2, -0.15) is 0 Å². The van der Waals surface area contributed by atoms with Crippen LogP contribution in [0.1, 0.15) is 13.8 Å². The van der Waals surface area contributed by atoms with Gasteiger partial charge in [0.25, 0.3) is 0 Å². The van der Waals surface area contributed by atoms with Gasteiger partial charge >= 0.3 is 0 Å². The molecule has 0 rings (SSSR count). The molecule has 0 radical (unpaired) electrons. The van der Waals surface area contributed by atoms with E-state index in [-0.39, 0.29) is 6.04 Å². The number of hydrogen-bond donors (Lipinski definition) is 2. The fraction of sp³-hybridized carbons (Fsp3) is 1.00. The molecule has 0 heterocycles. The molecule has 1 atom stereocenters. The van der Waals surface area contributed by atoms with E-state index in [1.807, 2.05) is 0 Å². The maximum atomic E-state index is 5.68. The normalized spacial score (nSPS) is 14.5. The van der Waals surface area contributed by atoms with E-state index in [9.17, 15) is 0 Å². The smallest absolute Gasteiger partial charge is 0.0292 e. The molecule has 0 aliphatic heterocycles. The Morgan fingerprint density at radius 3 is 2.18 bits per heavy atom. The average Bonchev–Trinajstić information content (AvgIpc) is 1.85. The summed E-state index contributed by atoms with van der Waals surface area (Å²) < 4.78 is 0. The molecule has 0 aromatic carbocycles. The monoisotopic (exact) mass is 159 g/mol. The largest absolute Gasteiger partial charge is 0.329 e. The van der Waals surface area contributed by atoms with Gasteiger partial charge in [0.05, 0.1) is 0 Å². The fourth-order valence-corrected chi connectivity index (χ4v) is 1.17. The first-order chi connectivity index (χ1) is 5.06. The molecular formula is C8H21N3. The Morgan fingerprint density at radius 1 is 1.27 bits per heavy atom. The molecule has 0 bridgehead atoms. The highest BCUT2D eigenvalue weighted by Gasteiger charge is 2.05. The summed E-state index contributed by atoms with van der Waals surface area (Å²) >= 11 is 0. The topological polar surface area (TPSA) is 55.3 Å². The molecule has 0 amide bonds. The molecular weight excluding hydrogens is 138 g/mol. The molecule has 0 aromatic rings. The maximum absolute atomic E-state index is 5.68. The van der Waals surface area contributed by atoms with Crippen molar-refractivity contribution < 1.29 is 0 Å². The zero-order chi connectivity index (χ0) is 8.85. The highest BCUT2D eigenvalue weighted by Crippen LogP contribution is 1.95. The van der Waals surface area contributed by atoms with Crippen molar-refractivity contribution in [1.29, 1.82) is 0 Å². The van der Waals surface area contributed by atoms with Gasteiger partial charge in [-0.25, -0.2) is 0 Å². The van der Waals surface area contributed by atoms with Crippen LogP contribution in [0.4, 0.5) is 0 Å². The molecule has 68 valence electrons. The Bertz CT molecular complexity index is 93.3. The van der Waals surface area contributed by atoms with Crippen molar-refractivity contribution in [1.82, 2.24) is 4.90 Å². The van der Waals surface area contributed by atoms with Crippen LogP contribution in [0.2, 0.25) is 0 Å². The van der Waals surface area contributed by atoms with Crippen molar-refractivity contribution in [3.05, 3.63) is 0 Å². The minimum absolute atomic E-state index is 0.124. The summed E-state index contributed by atoms with van der Waals surface area (Å²) in [4.78, 5) is 2.22. The van der Waals surface area contributed by atoms with Gasteiger partial charge in [-0.15, -0.1) is 0 Å². The quantitative estimate of drug-likeness (QED) is 0.587. The second-order valence-corrected chi connectivity index (χ2v) is 3.61. The molecule has 3 heteroatoms. The van der Waals surface area contributed by atoms with Gasteiger partial charge in [0.15, 0.2) is 0 Å². The highest BCUT2D eigenvalue weighted by atomic mass is 15.1. The SMILES string of the molecule is CC(C)CN(C)CC(N)CN. The summed E-state index contributed by atoms with van der Waals surface area (Å²) in [6, 6.07) is 0.124. The molecule has 0 saturated heterocycles. The Labute approximate surface area is 69.7 Å². The summed E-state index contributed by atoms with van der Waals surface area (Å²) in [6.07, 6.45) is 0. The Balaban J connectivity index is 3.43. The van der Waals surface area contributed by atoms with E-state index in [4.69, 9.17) is 11.5 Å². The Morgan fingerprint density at radius 2 is 1.82 bits per heavy atom. The Hall–Kier alpha value is -0.120. The predicted octanol–water partition coefficient (Wildman–Crippen LogP) is -0.140. The number of likely N-dealkylation sites (N-methyl/N-ethyl adjacent to an activating group) is 1. The number of nitrogens with zero attached hydrogens (tertiary/aromatic N) is 1. The Kier molecular flexibility index (Phi) is 5.46. The van der Waals surface area contributed by atoms with E-state index in [2.05, 4.69) is 25.8 Å². The van der Waals surface area contributed by atoms with Crippen LogP contribution in [-0.4, -0.2) is 37.6 Å². The summed E-state index contributed by atoms with van der Waals surface area (Å²) in [5, 5.41) is 0. The van der Waals surface area contributed by atoms with E-state index in [0.29, 0.717) is 12.5 Å². The third-order valence-electron chi connectivity index (χ3n) is 1.53. The van der Waals surface area contributed by atoms with Gasteiger partial charge in [0.1, 0.15) is 0 Å². The lowest BCUT2D eigenvalue weighted by Crippen LogP contribution is -2.41. The fourth-order valence-electron chi connectivity index (χ4n) is 1.17. The number of nitrogens with two attached hydrogens (primary N) is 2. The number of rotatable bonds is 5. The summed E-state index contributed by atoms with van der Waals surface area (Å²) in [7, 11) is 2.08. The molecule has 11 heavy (non-hydrogen) atoms. The van der Waals surface area contributed by atoms with E-state index < -0.39 is 0 Å². The first-order valence-electron chi connectivity index (χ1n) is 4.20. The van der Waals surface area contributed by atoms with Crippen molar-refractivity contribution >= 4 is 0 Å². The molecule has 0 aliphatic rings. The first-order valence-corrected chi connectivity index (χ1v) is 4.20. The van der Waals surface area contributed by atoms with Gasteiger partial charge in [-0.1, -0.05) is 13.8 Å². The van der Waals surface area contributed by atoms with Crippen LogP contribution >= 0.6 is 0 Å². The molecule has 4 N–H and O–H groups in total. The maximum Gasteiger partial charge on any atom is 0.0292 e. The van der Waals surface area contributed by atoms with E-state index in [1.54, 1.807) is 0 Å². The molecule has 0 aliphatic carbocycles. The van der Waals surface area contributed by atoms with Crippen LogP contribution in [0.5, 0.6) is 0 Å². The van der Waals surface area contributed by atoms with Crippen molar-refractivity contribution in [3.8, 4) is 0 Å². The lowest BCUT2D eigenvalue weighted by molar-refractivity contribution is 0.279. The van der Waals surface area contributed by atoms with Crippen LogP contribution in [0.25, 0.3) is 0 Å². The van der Waals surface area contributed by atoms with Gasteiger partial charge in [0.2, 0.25) is 0 Å². The highest BCUT2D eigenvalue weighted by molar-refractivity contribution is 4.66. The molecule has 0 saturated carbocycles. The average molecular weight is 159 g/mol. The van der Waals surface area contributed by atoms with Crippen molar-refractivity contribution in [2.75, 3.05) is 26.7 Å². The molecule has 0 spiro atoms. The summed E-state index contributed by atoms with van der Waals surface area (Å²) in [5.74, 6) is 0.699. The lowest BCUT2D eigenvalue weighted by atomic mass is 10.2. The lowest BCUT2D eigenvalue weighted by Gasteiger charge is -2.21. The number of hydrogen-bond acceptors (Lipinski definition) is 3. The van der Waals surface area contributed by atoms with Crippen molar-refractivity contribution in [2.24, 2.45) is 17.4 Å². The van der Waals surface area contributed by atoms with Gasteiger partial charge in [-0.05, 0) is 13.0 Å². The van der Waals surface area contributed by atoms with Crippen molar-refractivity contribution in [3.63, 3.8) is 0 Å². The van der Waals surface area contributed by atoms with Crippen LogP contribution in [0.3, 0.4) is 0 Å². The predicted molar refractivity (Wildman–Crippen MR) is 49.4 cm³/mol. The van der Waals surface area contributed by atoms with Crippen LogP contribution < -0.4 is 11.5 Å². The second-order valence-electron chi connectivity index (χ2n) is 3.61. The van der Waals surface area contributed by atoms with E-state index >= 15 is 0 Å². The molecule has 1 unspecified atom stereocenters. The summed E-state index contributed by atoms with van der Waals surface area (Å²) in [5.41, 5.74) is 11.1. The first kappa shape index (κ1) is 10.9. The van der Waals surface area contributed by atoms with Gasteiger partial charge in [0, 0.05) is 25.7 Å². The zero-order valence-corrected chi connectivity index (χ0v) is 7.88. The van der Waals surface area contributed by atoms with E-state index in [1.165, 1.54) is 0 Å². The minimum atomic E-state index is 0.124. The zero-order valence-electron chi connectivity index (χ0n) is 7.88. The third-order valence-corrected chi connectivity index (χ3v) is 1.53. The minimum Gasteiger partial charge on any atom is -0.329 e. The summed E-state index contributed by atoms with van der Waals surface area (Å²) in [6.45, 7) is 6.96. The standard InChI is InChI=1S/C8H21N3/c1-7(2)5-11(3)6-8(10)4-9/h7-8H,4-6,9-10H2,1-3H3. The van der Waals surface area contributed by atoms with Gasteiger partial charge < -0.3 is 16.4 Å². The molecule has 0 aromatic heterocycles. The van der Waals surface area contributed by atoms with Crippen LogP contribution in [0, 0.1) is 5.92 Å². The molecule has 3 nitrogen and oxygen atoms in total. The van der Waals surface area contributed by atoms with Crippen molar-refractivity contribution in [2.45, 2.75) is 19.9 Å². The van der Waals surface area contributed by atoms with Crippen LogP contribution in [-0.2, 0) is 0 Å². The molecule has 0 fully saturated rings.